The standard InChI is InChI=1S/C18H14BrN3O3/c1-9(23)25-22-16-12-4-2-3-5-13(12)20-17(16)15-11-7-6-10(19)8-14(11)21-18(15)24/h2-8,11,14,20H,1H3,(H,21,24)/b17-15-,22-16?. The van der Waals surface area contributed by atoms with E-state index in [9.17, 15) is 9.59 Å². The summed E-state index contributed by atoms with van der Waals surface area (Å²) in [6.07, 6.45) is 5.86. The van der Waals surface area contributed by atoms with Crippen LogP contribution in [0.15, 0.2) is 63.4 Å². The second-order valence-electron chi connectivity index (χ2n) is 5.92. The van der Waals surface area contributed by atoms with Gasteiger partial charge in [0.05, 0.1) is 17.3 Å². The second kappa shape index (κ2) is 6.00. The van der Waals surface area contributed by atoms with Gasteiger partial charge in [-0.15, -0.1) is 0 Å². The van der Waals surface area contributed by atoms with Crippen LogP contribution < -0.4 is 10.6 Å². The smallest absolute Gasteiger partial charge is 0.332 e. The summed E-state index contributed by atoms with van der Waals surface area (Å²) < 4.78 is 0.928. The molecule has 0 spiro atoms. The van der Waals surface area contributed by atoms with Crippen molar-refractivity contribution in [3.8, 4) is 0 Å². The number of anilines is 1. The van der Waals surface area contributed by atoms with Crippen molar-refractivity contribution in [1.29, 1.82) is 0 Å². The fourth-order valence-electron chi connectivity index (χ4n) is 3.24. The molecule has 126 valence electrons. The van der Waals surface area contributed by atoms with Gasteiger partial charge < -0.3 is 15.5 Å². The minimum atomic E-state index is -0.514. The molecule has 3 aliphatic rings. The van der Waals surface area contributed by atoms with E-state index in [4.69, 9.17) is 4.84 Å². The lowest BCUT2D eigenvalue weighted by molar-refractivity contribution is -0.140. The van der Waals surface area contributed by atoms with Gasteiger partial charge in [-0.05, 0) is 12.1 Å². The molecule has 0 saturated carbocycles. The third-order valence-electron chi connectivity index (χ3n) is 4.28. The SMILES string of the molecule is CC(=O)ON=C1/C(=C2/C(=O)NC3C=C(Br)C=CC23)Nc2ccccc21. The van der Waals surface area contributed by atoms with Crippen LogP contribution in [0, 0.1) is 5.92 Å². The molecule has 2 N–H and O–H groups in total. The average molecular weight is 400 g/mol. The fraction of sp³-hybridized carbons (Fsp3) is 0.167. The number of hydrogen-bond donors (Lipinski definition) is 2. The lowest BCUT2D eigenvalue weighted by Gasteiger charge is -2.17. The number of oxime groups is 1. The number of benzene rings is 1. The van der Waals surface area contributed by atoms with E-state index in [1.165, 1.54) is 6.92 Å². The maximum absolute atomic E-state index is 12.6. The van der Waals surface area contributed by atoms with Gasteiger partial charge in [-0.1, -0.05) is 51.4 Å². The van der Waals surface area contributed by atoms with Crippen LogP contribution in [0.5, 0.6) is 0 Å². The average Bonchev–Trinajstić information content (AvgIpc) is 3.08. The molecule has 25 heavy (non-hydrogen) atoms. The Morgan fingerprint density at radius 3 is 2.92 bits per heavy atom. The quantitative estimate of drug-likeness (QED) is 0.432. The van der Waals surface area contributed by atoms with Crippen LogP contribution in [0.3, 0.4) is 0 Å². The molecule has 0 bridgehead atoms. The third-order valence-corrected chi connectivity index (χ3v) is 4.81. The Morgan fingerprint density at radius 1 is 1.32 bits per heavy atom. The zero-order chi connectivity index (χ0) is 17.6. The van der Waals surface area contributed by atoms with Gasteiger partial charge >= 0.3 is 5.97 Å². The normalized spacial score (nSPS) is 28.2. The number of hydrogen-bond acceptors (Lipinski definition) is 5. The Labute approximate surface area is 152 Å². The first-order chi connectivity index (χ1) is 12.0. The van der Waals surface area contributed by atoms with Gasteiger partial charge in [0.25, 0.3) is 5.91 Å². The zero-order valence-electron chi connectivity index (χ0n) is 13.2. The number of allylic oxidation sites excluding steroid dienone is 3. The number of rotatable bonds is 1. The Hall–Kier alpha value is -2.67. The first-order valence-electron chi connectivity index (χ1n) is 7.77. The van der Waals surface area contributed by atoms with Crippen molar-refractivity contribution in [2.24, 2.45) is 11.1 Å². The van der Waals surface area contributed by atoms with Gasteiger partial charge in [-0.25, -0.2) is 4.79 Å². The molecule has 1 fully saturated rings. The third kappa shape index (κ3) is 2.70. The largest absolute Gasteiger partial charge is 0.353 e. The summed E-state index contributed by atoms with van der Waals surface area (Å²) in [7, 11) is 0. The van der Waals surface area contributed by atoms with E-state index in [1.807, 2.05) is 42.5 Å². The van der Waals surface area contributed by atoms with E-state index in [0.717, 1.165) is 15.7 Å². The van der Waals surface area contributed by atoms with Crippen molar-refractivity contribution in [2.45, 2.75) is 13.0 Å². The van der Waals surface area contributed by atoms with Crippen molar-refractivity contribution in [3.05, 3.63) is 63.8 Å². The number of para-hydroxylation sites is 1. The Kier molecular flexibility index (Phi) is 3.80. The van der Waals surface area contributed by atoms with Gasteiger partial charge in [-0.3, -0.25) is 4.79 Å². The molecule has 7 heteroatoms. The number of nitrogens with one attached hydrogen (secondary N) is 2. The molecule has 2 aliphatic heterocycles. The van der Waals surface area contributed by atoms with Gasteiger partial charge in [0.15, 0.2) is 0 Å². The van der Waals surface area contributed by atoms with Crippen LogP contribution in [0.4, 0.5) is 5.69 Å². The van der Waals surface area contributed by atoms with Crippen molar-refractivity contribution < 1.29 is 14.4 Å². The summed E-state index contributed by atoms with van der Waals surface area (Å²) in [5.74, 6) is -0.795. The summed E-state index contributed by atoms with van der Waals surface area (Å²) >= 11 is 3.43. The maximum Gasteiger partial charge on any atom is 0.332 e. The highest BCUT2D eigenvalue weighted by Crippen LogP contribution is 2.38. The topological polar surface area (TPSA) is 79.8 Å². The van der Waals surface area contributed by atoms with Crippen LogP contribution in [-0.2, 0) is 14.4 Å². The number of carbonyl (C=O) groups is 2. The predicted octanol–water partition coefficient (Wildman–Crippen LogP) is 2.60. The molecule has 1 saturated heterocycles. The second-order valence-corrected chi connectivity index (χ2v) is 6.83. The minimum absolute atomic E-state index is 0.116. The molecule has 0 radical (unpaired) electrons. The first kappa shape index (κ1) is 15.8. The van der Waals surface area contributed by atoms with E-state index in [1.54, 1.807) is 0 Å². The van der Waals surface area contributed by atoms with Crippen molar-refractivity contribution in [2.75, 3.05) is 5.32 Å². The summed E-state index contributed by atoms with van der Waals surface area (Å²) in [5, 5.41) is 10.2. The summed E-state index contributed by atoms with van der Waals surface area (Å²) in [6.45, 7) is 1.29. The van der Waals surface area contributed by atoms with E-state index < -0.39 is 5.97 Å². The lowest BCUT2D eigenvalue weighted by atomic mass is 9.90. The molecule has 2 unspecified atom stereocenters. The van der Waals surface area contributed by atoms with E-state index in [0.29, 0.717) is 17.0 Å². The highest BCUT2D eigenvalue weighted by atomic mass is 79.9. The summed E-state index contributed by atoms with van der Waals surface area (Å²) in [5.41, 5.74) is 3.23. The van der Waals surface area contributed by atoms with E-state index in [2.05, 4.69) is 31.7 Å². The van der Waals surface area contributed by atoms with Crippen molar-refractivity contribution >= 4 is 39.2 Å². The van der Waals surface area contributed by atoms with Crippen LogP contribution in [-0.4, -0.2) is 23.6 Å². The van der Waals surface area contributed by atoms with Gasteiger partial charge in [0.1, 0.15) is 5.71 Å². The molecule has 1 aliphatic carbocycles. The van der Waals surface area contributed by atoms with Crippen molar-refractivity contribution in [3.63, 3.8) is 0 Å². The number of amides is 1. The molecule has 6 nitrogen and oxygen atoms in total. The number of halogens is 1. The predicted molar refractivity (Wildman–Crippen MR) is 97.0 cm³/mol. The van der Waals surface area contributed by atoms with Crippen LogP contribution >= 0.6 is 15.9 Å². The molecular weight excluding hydrogens is 386 g/mol. The highest BCUT2D eigenvalue weighted by molar-refractivity contribution is 9.11. The van der Waals surface area contributed by atoms with Crippen LogP contribution in [0.1, 0.15) is 12.5 Å². The van der Waals surface area contributed by atoms with Crippen LogP contribution in [0.25, 0.3) is 0 Å². The molecule has 1 amide bonds. The van der Waals surface area contributed by atoms with Gasteiger partial charge in [-0.2, -0.15) is 0 Å². The fourth-order valence-corrected chi connectivity index (χ4v) is 3.68. The minimum Gasteiger partial charge on any atom is -0.353 e. The molecular formula is C18H14BrN3O3. The van der Waals surface area contributed by atoms with Crippen LogP contribution in [0.2, 0.25) is 0 Å². The molecule has 0 aromatic heterocycles. The maximum atomic E-state index is 12.6. The lowest BCUT2D eigenvalue weighted by Crippen LogP contribution is -2.27. The molecule has 4 rings (SSSR count). The number of carbonyl (C=O) groups excluding carboxylic acids is 2. The number of nitrogens with zero attached hydrogens (tertiary/aromatic N) is 1. The van der Waals surface area contributed by atoms with E-state index >= 15 is 0 Å². The summed E-state index contributed by atoms with van der Waals surface area (Å²) in [4.78, 5) is 28.7. The monoisotopic (exact) mass is 399 g/mol. The first-order valence-corrected chi connectivity index (χ1v) is 8.57. The van der Waals surface area contributed by atoms with E-state index in [-0.39, 0.29) is 17.9 Å². The molecule has 2 atom stereocenters. The highest BCUT2D eigenvalue weighted by Gasteiger charge is 2.41. The zero-order valence-corrected chi connectivity index (χ0v) is 14.8. The Bertz CT molecular complexity index is 914. The van der Waals surface area contributed by atoms with Gasteiger partial charge in [0.2, 0.25) is 0 Å². The van der Waals surface area contributed by atoms with Gasteiger partial charge in [0, 0.05) is 28.6 Å². The Morgan fingerprint density at radius 2 is 2.12 bits per heavy atom. The summed E-state index contributed by atoms with van der Waals surface area (Å²) in [6, 6.07) is 7.41. The number of fused-ring (bicyclic) bond motifs is 2. The van der Waals surface area contributed by atoms with Crippen molar-refractivity contribution in [1.82, 2.24) is 5.32 Å². The Balaban J connectivity index is 1.85. The molecule has 1 aromatic rings. The molecule has 1 aromatic carbocycles. The molecule has 2 heterocycles.